The Morgan fingerprint density at radius 3 is 2.06 bits per heavy atom. The molecule has 0 aromatic heterocycles. The van der Waals surface area contributed by atoms with Crippen LogP contribution in [0.5, 0.6) is 0 Å². The molecule has 0 heterocycles. The monoisotopic (exact) mass is 257 g/mol. The molecule has 18 heavy (non-hydrogen) atoms. The summed E-state index contributed by atoms with van der Waals surface area (Å²) in [5, 5.41) is 6.37. The van der Waals surface area contributed by atoms with Crippen molar-refractivity contribution in [3.05, 3.63) is 0 Å². The van der Waals surface area contributed by atoms with Gasteiger partial charge in [-0.1, -0.05) is 13.8 Å². The first-order valence-corrected chi connectivity index (χ1v) is 6.93. The number of carbonyl (C=O) groups excluding carboxylic acids is 1. The Kier molecular flexibility index (Phi) is 8.20. The van der Waals surface area contributed by atoms with Crippen LogP contribution in [-0.2, 0) is 4.79 Å². The lowest BCUT2D eigenvalue weighted by atomic mass is 10.0. The van der Waals surface area contributed by atoms with Gasteiger partial charge in [0.15, 0.2) is 0 Å². The van der Waals surface area contributed by atoms with Crippen LogP contribution in [-0.4, -0.2) is 49.6 Å². The van der Waals surface area contributed by atoms with Gasteiger partial charge in [0.1, 0.15) is 0 Å². The van der Waals surface area contributed by atoms with E-state index in [9.17, 15) is 4.79 Å². The quantitative estimate of drug-likeness (QED) is 0.692. The van der Waals surface area contributed by atoms with Crippen LogP contribution in [0.4, 0.5) is 0 Å². The third kappa shape index (κ3) is 8.48. The minimum atomic E-state index is -0.143. The third-order valence-electron chi connectivity index (χ3n) is 2.65. The van der Waals surface area contributed by atoms with E-state index in [2.05, 4.69) is 43.5 Å². The average molecular weight is 257 g/mol. The summed E-state index contributed by atoms with van der Waals surface area (Å²) in [6, 6.07) is 0.406. The van der Waals surface area contributed by atoms with E-state index in [1.54, 1.807) is 0 Å². The van der Waals surface area contributed by atoms with E-state index in [0.717, 1.165) is 13.0 Å². The Morgan fingerprint density at radius 2 is 1.67 bits per heavy atom. The van der Waals surface area contributed by atoms with E-state index < -0.39 is 0 Å². The van der Waals surface area contributed by atoms with E-state index >= 15 is 0 Å². The second-order valence-corrected chi connectivity index (χ2v) is 6.14. The molecule has 0 rings (SSSR count). The van der Waals surface area contributed by atoms with Gasteiger partial charge in [0.05, 0.1) is 6.04 Å². The fourth-order valence-corrected chi connectivity index (χ4v) is 2.04. The number of carbonyl (C=O) groups is 1. The highest BCUT2D eigenvalue weighted by molar-refractivity contribution is 5.81. The van der Waals surface area contributed by atoms with Gasteiger partial charge in [-0.25, -0.2) is 0 Å². The lowest BCUT2D eigenvalue weighted by Crippen LogP contribution is -2.51. The van der Waals surface area contributed by atoms with Gasteiger partial charge in [0.2, 0.25) is 5.91 Å². The second kappa shape index (κ2) is 8.48. The topological polar surface area (TPSA) is 44.4 Å². The first kappa shape index (κ1) is 17.4. The standard InChI is InChI=1S/C14H31N3O/c1-10(2)8-13(9-17(6)7)16-12(5)14(18)15-11(3)4/h10-13,16H,8-9H2,1-7H3,(H,15,18). The van der Waals surface area contributed by atoms with Crippen LogP contribution in [0.1, 0.15) is 41.0 Å². The van der Waals surface area contributed by atoms with Crippen LogP contribution >= 0.6 is 0 Å². The molecule has 2 N–H and O–H groups in total. The molecule has 0 bridgehead atoms. The summed E-state index contributed by atoms with van der Waals surface area (Å²) in [7, 11) is 4.13. The molecule has 0 aliphatic heterocycles. The number of hydrogen-bond donors (Lipinski definition) is 2. The molecule has 0 aliphatic carbocycles. The van der Waals surface area contributed by atoms with Gasteiger partial charge in [0, 0.05) is 18.6 Å². The summed E-state index contributed by atoms with van der Waals surface area (Å²) in [5.74, 6) is 0.709. The molecule has 108 valence electrons. The number of nitrogens with one attached hydrogen (secondary N) is 2. The van der Waals surface area contributed by atoms with Gasteiger partial charge in [-0.05, 0) is 47.2 Å². The zero-order valence-corrected chi connectivity index (χ0v) is 13.1. The third-order valence-corrected chi connectivity index (χ3v) is 2.65. The SMILES string of the molecule is CC(C)CC(CN(C)C)NC(C)C(=O)NC(C)C. The maximum Gasteiger partial charge on any atom is 0.237 e. The summed E-state index contributed by atoms with van der Waals surface area (Å²) < 4.78 is 0. The van der Waals surface area contributed by atoms with Crippen LogP contribution in [0, 0.1) is 5.92 Å². The van der Waals surface area contributed by atoms with Crippen LogP contribution in [0.15, 0.2) is 0 Å². The Hall–Kier alpha value is -0.610. The van der Waals surface area contributed by atoms with Crippen LogP contribution in [0.2, 0.25) is 0 Å². The molecule has 4 nitrogen and oxygen atoms in total. The fraction of sp³-hybridized carbons (Fsp3) is 0.929. The molecule has 0 spiro atoms. The van der Waals surface area contributed by atoms with E-state index in [1.165, 1.54) is 0 Å². The average Bonchev–Trinajstić information content (AvgIpc) is 2.13. The Bertz CT molecular complexity index is 229. The van der Waals surface area contributed by atoms with Crippen molar-refractivity contribution in [1.29, 1.82) is 0 Å². The van der Waals surface area contributed by atoms with Gasteiger partial charge in [-0.2, -0.15) is 0 Å². The molecule has 0 fully saturated rings. The Morgan fingerprint density at radius 1 is 1.11 bits per heavy atom. The van der Waals surface area contributed by atoms with Crippen LogP contribution in [0.25, 0.3) is 0 Å². The van der Waals surface area contributed by atoms with Gasteiger partial charge in [0.25, 0.3) is 0 Å². The molecule has 0 saturated carbocycles. The van der Waals surface area contributed by atoms with Crippen molar-refractivity contribution in [3.8, 4) is 0 Å². The predicted octanol–water partition coefficient (Wildman–Crippen LogP) is 1.47. The highest BCUT2D eigenvalue weighted by Crippen LogP contribution is 2.06. The zero-order valence-electron chi connectivity index (χ0n) is 13.1. The van der Waals surface area contributed by atoms with E-state index in [-0.39, 0.29) is 18.0 Å². The Balaban J connectivity index is 4.32. The summed E-state index contributed by atoms with van der Waals surface area (Å²) in [6.45, 7) is 11.3. The van der Waals surface area contributed by atoms with Crippen molar-refractivity contribution < 1.29 is 4.79 Å². The number of amides is 1. The predicted molar refractivity (Wildman–Crippen MR) is 77.7 cm³/mol. The first-order chi connectivity index (χ1) is 8.22. The summed E-state index contributed by atoms with van der Waals surface area (Å²) in [5.41, 5.74) is 0. The highest BCUT2D eigenvalue weighted by atomic mass is 16.2. The van der Waals surface area contributed by atoms with Crippen molar-refractivity contribution in [3.63, 3.8) is 0 Å². The molecule has 0 aromatic carbocycles. The van der Waals surface area contributed by atoms with Crippen LogP contribution < -0.4 is 10.6 Å². The molecule has 2 atom stereocenters. The van der Waals surface area contributed by atoms with Gasteiger partial charge >= 0.3 is 0 Å². The molecule has 1 amide bonds. The normalized spacial score (nSPS) is 15.2. The van der Waals surface area contributed by atoms with Crippen molar-refractivity contribution in [1.82, 2.24) is 15.5 Å². The van der Waals surface area contributed by atoms with E-state index in [4.69, 9.17) is 0 Å². The van der Waals surface area contributed by atoms with Crippen molar-refractivity contribution >= 4 is 5.91 Å². The second-order valence-electron chi connectivity index (χ2n) is 6.14. The lowest BCUT2D eigenvalue weighted by Gasteiger charge is -2.27. The molecular weight excluding hydrogens is 226 g/mol. The molecule has 4 heteroatoms. The fourth-order valence-electron chi connectivity index (χ4n) is 2.04. The highest BCUT2D eigenvalue weighted by Gasteiger charge is 2.19. The minimum absolute atomic E-state index is 0.0810. The molecule has 0 aliphatic rings. The molecular formula is C14H31N3O. The van der Waals surface area contributed by atoms with Gasteiger partial charge < -0.3 is 15.5 Å². The number of nitrogens with zero attached hydrogens (tertiary/aromatic N) is 1. The van der Waals surface area contributed by atoms with Gasteiger partial charge in [-0.3, -0.25) is 4.79 Å². The van der Waals surface area contributed by atoms with E-state index in [0.29, 0.717) is 12.0 Å². The molecule has 0 radical (unpaired) electrons. The first-order valence-electron chi connectivity index (χ1n) is 6.93. The number of hydrogen-bond acceptors (Lipinski definition) is 3. The minimum Gasteiger partial charge on any atom is -0.353 e. The Labute approximate surface area is 113 Å². The maximum atomic E-state index is 11.9. The van der Waals surface area contributed by atoms with Gasteiger partial charge in [-0.15, -0.1) is 0 Å². The molecule has 2 unspecified atom stereocenters. The van der Waals surface area contributed by atoms with Crippen molar-refractivity contribution in [2.75, 3.05) is 20.6 Å². The van der Waals surface area contributed by atoms with E-state index in [1.807, 2.05) is 20.8 Å². The molecule has 0 aromatic rings. The smallest absolute Gasteiger partial charge is 0.237 e. The van der Waals surface area contributed by atoms with Crippen molar-refractivity contribution in [2.45, 2.75) is 59.2 Å². The number of rotatable bonds is 8. The van der Waals surface area contributed by atoms with Crippen molar-refractivity contribution in [2.24, 2.45) is 5.92 Å². The zero-order chi connectivity index (χ0) is 14.3. The summed E-state index contributed by atoms with van der Waals surface area (Å²) in [4.78, 5) is 14.0. The lowest BCUT2D eigenvalue weighted by molar-refractivity contribution is -0.123. The summed E-state index contributed by atoms with van der Waals surface area (Å²) >= 11 is 0. The van der Waals surface area contributed by atoms with Crippen LogP contribution in [0.3, 0.4) is 0 Å². The molecule has 0 saturated heterocycles. The maximum absolute atomic E-state index is 11.9. The number of likely N-dealkylation sites (N-methyl/N-ethyl adjacent to an activating group) is 1. The largest absolute Gasteiger partial charge is 0.353 e. The summed E-state index contributed by atoms with van der Waals surface area (Å²) in [6.07, 6.45) is 1.08.